The van der Waals surface area contributed by atoms with Gasteiger partial charge in [0.1, 0.15) is 6.04 Å². The van der Waals surface area contributed by atoms with Crippen molar-refractivity contribution in [3.63, 3.8) is 0 Å². The second-order valence-corrected chi connectivity index (χ2v) is 5.67. The van der Waals surface area contributed by atoms with Crippen LogP contribution in [0.15, 0.2) is 24.3 Å². The Labute approximate surface area is 107 Å². The Morgan fingerprint density at radius 2 is 2.28 bits per heavy atom. The summed E-state index contributed by atoms with van der Waals surface area (Å²) in [4.78, 5) is 11.0. The summed E-state index contributed by atoms with van der Waals surface area (Å²) in [6.07, 6.45) is 0. The van der Waals surface area contributed by atoms with E-state index in [0.717, 1.165) is 5.56 Å². The Bertz CT molecular complexity index is 538. The van der Waals surface area contributed by atoms with E-state index in [1.165, 1.54) is 0 Å². The number of carboxylic acids is 1. The molecule has 1 aromatic rings. The molecule has 1 saturated heterocycles. The van der Waals surface area contributed by atoms with Crippen molar-refractivity contribution in [2.45, 2.75) is 12.1 Å². The van der Waals surface area contributed by atoms with Crippen LogP contribution in [0.1, 0.15) is 17.2 Å². The van der Waals surface area contributed by atoms with Crippen LogP contribution >= 0.6 is 0 Å². The molecule has 0 aliphatic carbocycles. The van der Waals surface area contributed by atoms with Gasteiger partial charge in [-0.05, 0) is 17.7 Å². The Hall–Kier alpha value is -1.71. The lowest BCUT2D eigenvalue weighted by molar-refractivity contribution is -0.139. The van der Waals surface area contributed by atoms with E-state index in [9.17, 15) is 9.00 Å². The first-order valence-electron chi connectivity index (χ1n) is 5.44. The Kier molecular flexibility index (Phi) is 3.75. The summed E-state index contributed by atoms with van der Waals surface area (Å²) >= 11 is 0. The van der Waals surface area contributed by atoms with Crippen molar-refractivity contribution in [2.75, 3.05) is 11.5 Å². The fourth-order valence-corrected chi connectivity index (χ4v) is 3.35. The van der Waals surface area contributed by atoms with Gasteiger partial charge in [-0.2, -0.15) is 5.26 Å². The molecule has 0 saturated carbocycles. The van der Waals surface area contributed by atoms with Gasteiger partial charge in [0.05, 0.1) is 11.6 Å². The Morgan fingerprint density at radius 1 is 1.50 bits per heavy atom. The third-order valence-corrected chi connectivity index (χ3v) is 4.23. The first-order chi connectivity index (χ1) is 8.60. The highest BCUT2D eigenvalue weighted by atomic mass is 32.2. The van der Waals surface area contributed by atoms with Crippen LogP contribution in [0, 0.1) is 11.3 Å². The highest BCUT2D eigenvalue weighted by Crippen LogP contribution is 2.20. The van der Waals surface area contributed by atoms with Gasteiger partial charge in [-0.15, -0.1) is 0 Å². The topological polar surface area (TPSA) is 90.2 Å². The zero-order valence-corrected chi connectivity index (χ0v) is 10.3. The molecule has 2 rings (SSSR count). The number of hydrogen-bond donors (Lipinski definition) is 2. The number of nitrogens with one attached hydrogen (secondary N) is 1. The summed E-state index contributed by atoms with van der Waals surface area (Å²) in [5.41, 5.74) is 1.31. The second kappa shape index (κ2) is 5.29. The molecule has 1 heterocycles. The number of nitrogens with zero attached hydrogens (tertiary/aromatic N) is 1. The lowest BCUT2D eigenvalue weighted by Crippen LogP contribution is -2.49. The summed E-state index contributed by atoms with van der Waals surface area (Å²) in [7, 11) is -1.16. The van der Waals surface area contributed by atoms with E-state index in [1.807, 2.05) is 6.07 Å². The van der Waals surface area contributed by atoms with Crippen LogP contribution in [0.3, 0.4) is 0 Å². The molecule has 0 radical (unpaired) electrons. The standard InChI is InChI=1S/C12H12N2O3S/c13-5-8-2-1-3-9(4-8)10-6-18(17)7-11(14-10)12(15)16/h1-4,10-11,14H,6-7H2,(H,15,16). The third-order valence-electron chi connectivity index (χ3n) is 2.82. The SMILES string of the molecule is N#Cc1cccc(C2CS(=O)CC(C(=O)O)N2)c1. The van der Waals surface area contributed by atoms with E-state index in [-0.39, 0.29) is 11.8 Å². The number of carboxylic acid groups (broad SMARTS) is 1. The molecule has 3 unspecified atom stereocenters. The van der Waals surface area contributed by atoms with Crippen LogP contribution in [0.4, 0.5) is 0 Å². The van der Waals surface area contributed by atoms with Crippen molar-refractivity contribution in [2.24, 2.45) is 0 Å². The van der Waals surface area contributed by atoms with E-state index in [0.29, 0.717) is 11.3 Å². The smallest absolute Gasteiger partial charge is 0.321 e. The first kappa shape index (κ1) is 12.7. The van der Waals surface area contributed by atoms with Gasteiger partial charge in [0.25, 0.3) is 0 Å². The molecule has 0 amide bonds. The van der Waals surface area contributed by atoms with Gasteiger partial charge in [-0.3, -0.25) is 14.3 Å². The summed E-state index contributed by atoms with van der Waals surface area (Å²) in [6.45, 7) is 0. The fourth-order valence-electron chi connectivity index (χ4n) is 1.94. The highest BCUT2D eigenvalue weighted by Gasteiger charge is 2.31. The van der Waals surface area contributed by atoms with Crippen molar-refractivity contribution in [1.29, 1.82) is 5.26 Å². The first-order valence-corrected chi connectivity index (χ1v) is 6.93. The maximum absolute atomic E-state index is 11.7. The van der Waals surface area contributed by atoms with Gasteiger partial charge in [-0.1, -0.05) is 12.1 Å². The lowest BCUT2D eigenvalue weighted by Gasteiger charge is -2.28. The molecule has 1 aliphatic rings. The average molecular weight is 264 g/mol. The van der Waals surface area contributed by atoms with Crippen molar-refractivity contribution >= 4 is 16.8 Å². The van der Waals surface area contributed by atoms with Crippen molar-refractivity contribution in [3.8, 4) is 6.07 Å². The number of benzene rings is 1. The molecule has 0 aromatic heterocycles. The molecule has 94 valence electrons. The zero-order chi connectivity index (χ0) is 13.1. The van der Waals surface area contributed by atoms with E-state index < -0.39 is 22.8 Å². The molecule has 3 atom stereocenters. The third kappa shape index (κ3) is 2.75. The maximum atomic E-state index is 11.7. The van der Waals surface area contributed by atoms with Gasteiger partial charge < -0.3 is 5.11 Å². The van der Waals surface area contributed by atoms with Gasteiger partial charge in [-0.25, -0.2) is 0 Å². The largest absolute Gasteiger partial charge is 0.480 e. The molecular weight excluding hydrogens is 252 g/mol. The number of carbonyl (C=O) groups is 1. The monoisotopic (exact) mass is 264 g/mol. The number of rotatable bonds is 2. The molecule has 1 fully saturated rings. The molecule has 1 aromatic carbocycles. The maximum Gasteiger partial charge on any atom is 0.321 e. The average Bonchev–Trinajstić information content (AvgIpc) is 2.38. The fraction of sp³-hybridized carbons (Fsp3) is 0.333. The van der Waals surface area contributed by atoms with Gasteiger partial charge in [0.2, 0.25) is 0 Å². The normalized spacial score (nSPS) is 27.4. The number of nitriles is 1. The van der Waals surface area contributed by atoms with E-state index in [1.54, 1.807) is 24.3 Å². The van der Waals surface area contributed by atoms with Crippen molar-refractivity contribution in [3.05, 3.63) is 35.4 Å². The predicted molar refractivity (Wildman–Crippen MR) is 66.3 cm³/mol. The van der Waals surface area contributed by atoms with Gasteiger partial charge >= 0.3 is 5.97 Å². The minimum atomic E-state index is -1.16. The minimum Gasteiger partial charge on any atom is -0.480 e. The number of aliphatic carboxylic acids is 1. The van der Waals surface area contributed by atoms with Crippen LogP contribution in [0.2, 0.25) is 0 Å². The van der Waals surface area contributed by atoms with E-state index >= 15 is 0 Å². The molecule has 0 bridgehead atoms. The zero-order valence-electron chi connectivity index (χ0n) is 9.50. The summed E-state index contributed by atoms with van der Waals surface area (Å²) in [5, 5.41) is 20.7. The van der Waals surface area contributed by atoms with Crippen LogP contribution in [0.25, 0.3) is 0 Å². The molecule has 0 spiro atoms. The molecule has 18 heavy (non-hydrogen) atoms. The van der Waals surface area contributed by atoms with Gasteiger partial charge in [0.15, 0.2) is 0 Å². The minimum absolute atomic E-state index is 0.129. The molecule has 1 aliphatic heterocycles. The van der Waals surface area contributed by atoms with E-state index in [4.69, 9.17) is 10.4 Å². The van der Waals surface area contributed by atoms with Crippen LogP contribution in [-0.4, -0.2) is 32.8 Å². The second-order valence-electron chi connectivity index (χ2n) is 4.12. The van der Waals surface area contributed by atoms with Crippen molar-refractivity contribution < 1.29 is 14.1 Å². The molecule has 5 nitrogen and oxygen atoms in total. The Balaban J connectivity index is 2.24. The summed E-state index contributed by atoms with van der Waals surface area (Å²) < 4.78 is 11.7. The lowest BCUT2D eigenvalue weighted by atomic mass is 10.0. The quantitative estimate of drug-likeness (QED) is 0.807. The van der Waals surface area contributed by atoms with Crippen LogP contribution in [0.5, 0.6) is 0 Å². The van der Waals surface area contributed by atoms with Crippen molar-refractivity contribution in [1.82, 2.24) is 5.32 Å². The van der Waals surface area contributed by atoms with Crippen LogP contribution in [-0.2, 0) is 15.6 Å². The highest BCUT2D eigenvalue weighted by molar-refractivity contribution is 7.85. The summed E-state index contributed by atoms with van der Waals surface area (Å²) in [5.74, 6) is -0.493. The predicted octanol–water partition coefficient (Wildman–Crippen LogP) is 0.404. The Morgan fingerprint density at radius 3 is 2.94 bits per heavy atom. The molecular formula is C12H12N2O3S. The van der Waals surface area contributed by atoms with Crippen LogP contribution < -0.4 is 5.32 Å². The molecule has 6 heteroatoms. The molecule has 2 N–H and O–H groups in total. The summed E-state index contributed by atoms with van der Waals surface area (Å²) in [6, 6.07) is 7.87. The van der Waals surface area contributed by atoms with Gasteiger partial charge in [0, 0.05) is 28.3 Å². The number of hydrogen-bond acceptors (Lipinski definition) is 4. The van der Waals surface area contributed by atoms with E-state index in [2.05, 4.69) is 5.32 Å².